The number of hydrogen-bond donors (Lipinski definition) is 1. The highest BCUT2D eigenvalue weighted by Crippen LogP contribution is 2.35. The molecule has 10 heteroatoms. The second-order valence-corrected chi connectivity index (χ2v) is 9.93. The van der Waals surface area contributed by atoms with Crippen LogP contribution in [0.2, 0.25) is 0 Å². The molecule has 1 fully saturated rings. The van der Waals surface area contributed by atoms with Crippen LogP contribution in [0.4, 0.5) is 11.4 Å². The Kier molecular flexibility index (Phi) is 5.94. The Balaban J connectivity index is 1.41. The van der Waals surface area contributed by atoms with Crippen molar-refractivity contribution < 1.29 is 27.5 Å². The zero-order valence-corrected chi connectivity index (χ0v) is 19.1. The number of nitrogens with zero attached hydrogens (tertiary/aromatic N) is 2. The van der Waals surface area contributed by atoms with Crippen molar-refractivity contribution in [1.29, 1.82) is 0 Å². The van der Waals surface area contributed by atoms with Crippen molar-refractivity contribution >= 4 is 44.0 Å². The molecule has 0 radical (unpaired) electrons. The predicted octanol–water partition coefficient (Wildman–Crippen LogP) is 2.22. The number of anilines is 2. The average Bonchev–Trinajstić information content (AvgIpc) is 2.86. The lowest BCUT2D eigenvalue weighted by molar-refractivity contribution is -0.123. The number of carbonyl (C=O) groups excluding carboxylic acids is 2. The lowest BCUT2D eigenvalue weighted by atomic mass is 10.1. The van der Waals surface area contributed by atoms with Crippen LogP contribution in [0.5, 0.6) is 5.75 Å². The van der Waals surface area contributed by atoms with E-state index in [2.05, 4.69) is 5.32 Å². The van der Waals surface area contributed by atoms with Crippen molar-refractivity contribution in [2.24, 2.45) is 0 Å². The molecule has 34 heavy (non-hydrogen) atoms. The molecule has 0 atom stereocenters. The maximum atomic E-state index is 13.1. The Bertz CT molecular complexity index is 1360. The minimum atomic E-state index is -3.78. The van der Waals surface area contributed by atoms with Gasteiger partial charge in [-0.25, -0.2) is 8.42 Å². The standard InChI is InChI=1S/C24H23N3O6S/c28-23(25-20-7-3-5-17-4-1-2-6-19(17)20)15-27-21-14-18(8-9-22(21)33-16-24(27)29)34(30,31)26-10-12-32-13-11-26/h1-9,14H,10-13,15-16H2,(H,25,28). The number of hydrogen-bond acceptors (Lipinski definition) is 6. The molecule has 3 aromatic rings. The highest BCUT2D eigenvalue weighted by Gasteiger charge is 2.32. The fraction of sp³-hybridized carbons (Fsp3) is 0.250. The second kappa shape index (κ2) is 9.05. The zero-order valence-electron chi connectivity index (χ0n) is 18.3. The fourth-order valence-electron chi connectivity index (χ4n) is 4.12. The Morgan fingerprint density at radius 2 is 1.76 bits per heavy atom. The van der Waals surface area contributed by atoms with E-state index < -0.39 is 21.8 Å². The summed E-state index contributed by atoms with van der Waals surface area (Å²) in [5.74, 6) is -0.487. The maximum absolute atomic E-state index is 13.1. The van der Waals surface area contributed by atoms with Crippen LogP contribution in [0, 0.1) is 0 Å². The van der Waals surface area contributed by atoms with Crippen molar-refractivity contribution in [3.63, 3.8) is 0 Å². The van der Waals surface area contributed by atoms with Crippen LogP contribution in [0.3, 0.4) is 0 Å². The molecule has 0 saturated carbocycles. The lowest BCUT2D eigenvalue weighted by Crippen LogP contribution is -2.44. The molecule has 1 N–H and O–H groups in total. The summed E-state index contributed by atoms with van der Waals surface area (Å²) >= 11 is 0. The molecule has 2 amide bonds. The molecule has 0 unspecified atom stereocenters. The molecule has 0 aromatic heterocycles. The minimum Gasteiger partial charge on any atom is -0.482 e. The van der Waals surface area contributed by atoms with Gasteiger partial charge in [-0.1, -0.05) is 36.4 Å². The molecule has 9 nitrogen and oxygen atoms in total. The van der Waals surface area contributed by atoms with Gasteiger partial charge in [-0.2, -0.15) is 4.31 Å². The average molecular weight is 482 g/mol. The Hall–Kier alpha value is -3.47. The first-order valence-electron chi connectivity index (χ1n) is 10.9. The number of amides is 2. The highest BCUT2D eigenvalue weighted by atomic mass is 32.2. The van der Waals surface area contributed by atoms with E-state index in [1.54, 1.807) is 6.07 Å². The first kappa shape index (κ1) is 22.3. The normalized spacial score (nSPS) is 16.7. The third kappa shape index (κ3) is 4.23. The van der Waals surface area contributed by atoms with Crippen LogP contribution in [-0.2, 0) is 24.3 Å². The number of morpholine rings is 1. The third-order valence-corrected chi connectivity index (χ3v) is 7.74. The molecule has 3 aromatic carbocycles. The number of carbonyl (C=O) groups is 2. The van der Waals surface area contributed by atoms with Crippen LogP contribution in [0.25, 0.3) is 10.8 Å². The van der Waals surface area contributed by atoms with Gasteiger partial charge in [0.2, 0.25) is 15.9 Å². The summed E-state index contributed by atoms with van der Waals surface area (Å²) in [7, 11) is -3.78. The number of benzene rings is 3. The summed E-state index contributed by atoms with van der Waals surface area (Å²) in [6.45, 7) is 0.653. The molecule has 2 aliphatic rings. The van der Waals surface area contributed by atoms with E-state index in [-0.39, 0.29) is 36.8 Å². The Morgan fingerprint density at radius 1 is 1.00 bits per heavy atom. The van der Waals surface area contributed by atoms with E-state index in [1.807, 2.05) is 36.4 Å². The van der Waals surface area contributed by atoms with Crippen molar-refractivity contribution in [3.05, 3.63) is 60.7 Å². The molecule has 2 aliphatic heterocycles. The second-order valence-electron chi connectivity index (χ2n) is 7.99. The number of sulfonamides is 1. The summed E-state index contributed by atoms with van der Waals surface area (Å²) in [4.78, 5) is 26.9. The summed E-state index contributed by atoms with van der Waals surface area (Å²) in [6, 6.07) is 17.6. The molecule has 5 rings (SSSR count). The summed E-state index contributed by atoms with van der Waals surface area (Å²) in [6.07, 6.45) is 0. The van der Waals surface area contributed by atoms with Crippen molar-refractivity contribution in [2.75, 3.05) is 49.7 Å². The molecule has 0 spiro atoms. The summed E-state index contributed by atoms with van der Waals surface area (Å²) in [5, 5.41) is 4.72. The van der Waals surface area contributed by atoms with Gasteiger partial charge in [0, 0.05) is 24.2 Å². The van der Waals surface area contributed by atoms with Gasteiger partial charge >= 0.3 is 0 Å². The van der Waals surface area contributed by atoms with E-state index in [9.17, 15) is 18.0 Å². The predicted molar refractivity (Wildman–Crippen MR) is 126 cm³/mol. The van der Waals surface area contributed by atoms with Gasteiger partial charge in [-0.05, 0) is 29.7 Å². The van der Waals surface area contributed by atoms with Crippen molar-refractivity contribution in [3.8, 4) is 5.75 Å². The first-order valence-corrected chi connectivity index (χ1v) is 12.3. The van der Waals surface area contributed by atoms with Gasteiger partial charge in [-0.15, -0.1) is 0 Å². The smallest absolute Gasteiger partial charge is 0.265 e. The van der Waals surface area contributed by atoms with Crippen LogP contribution in [0.15, 0.2) is 65.6 Å². The molecule has 0 aliphatic carbocycles. The monoisotopic (exact) mass is 481 g/mol. The molecule has 176 valence electrons. The van der Waals surface area contributed by atoms with Crippen LogP contribution in [0.1, 0.15) is 0 Å². The Morgan fingerprint density at radius 3 is 2.59 bits per heavy atom. The van der Waals surface area contributed by atoms with Gasteiger partial charge in [-0.3, -0.25) is 14.5 Å². The van der Waals surface area contributed by atoms with Crippen LogP contribution < -0.4 is 15.0 Å². The SMILES string of the molecule is O=C(CN1C(=O)COc2ccc(S(=O)(=O)N3CCOCC3)cc21)Nc1cccc2ccccc12. The molecular weight excluding hydrogens is 458 g/mol. The molecule has 1 saturated heterocycles. The highest BCUT2D eigenvalue weighted by molar-refractivity contribution is 7.89. The zero-order chi connectivity index (χ0) is 23.7. The van der Waals surface area contributed by atoms with Crippen molar-refractivity contribution in [1.82, 2.24) is 4.31 Å². The molecular formula is C24H23N3O6S. The van der Waals surface area contributed by atoms with Gasteiger partial charge in [0.15, 0.2) is 6.61 Å². The van der Waals surface area contributed by atoms with E-state index >= 15 is 0 Å². The van der Waals surface area contributed by atoms with Gasteiger partial charge in [0.25, 0.3) is 5.91 Å². The van der Waals surface area contributed by atoms with Crippen LogP contribution >= 0.6 is 0 Å². The van der Waals surface area contributed by atoms with E-state index in [0.717, 1.165) is 10.8 Å². The number of nitrogens with one attached hydrogen (secondary N) is 1. The summed E-state index contributed by atoms with van der Waals surface area (Å²) < 4.78 is 38.3. The van der Waals surface area contributed by atoms with Crippen LogP contribution in [-0.4, -0.2) is 64.0 Å². The van der Waals surface area contributed by atoms with Crippen molar-refractivity contribution in [2.45, 2.75) is 4.90 Å². The summed E-state index contributed by atoms with van der Waals surface area (Å²) in [5.41, 5.74) is 0.881. The molecule has 2 heterocycles. The van der Waals surface area contributed by atoms with E-state index in [1.165, 1.54) is 27.4 Å². The number of rotatable bonds is 5. The lowest BCUT2D eigenvalue weighted by Gasteiger charge is -2.30. The Labute approximate surface area is 196 Å². The van der Waals surface area contributed by atoms with E-state index in [0.29, 0.717) is 24.7 Å². The number of fused-ring (bicyclic) bond motifs is 2. The maximum Gasteiger partial charge on any atom is 0.265 e. The van der Waals surface area contributed by atoms with Gasteiger partial charge in [0.05, 0.1) is 23.8 Å². The topological polar surface area (TPSA) is 105 Å². The fourth-order valence-corrected chi connectivity index (χ4v) is 5.55. The van der Waals surface area contributed by atoms with E-state index in [4.69, 9.17) is 9.47 Å². The van der Waals surface area contributed by atoms with Gasteiger partial charge in [0.1, 0.15) is 12.3 Å². The molecule has 0 bridgehead atoms. The van der Waals surface area contributed by atoms with Gasteiger partial charge < -0.3 is 14.8 Å². The quantitative estimate of drug-likeness (QED) is 0.599. The number of ether oxygens (including phenoxy) is 2. The largest absolute Gasteiger partial charge is 0.482 e. The first-order chi connectivity index (χ1) is 16.4. The third-order valence-electron chi connectivity index (χ3n) is 5.85. The minimum absolute atomic E-state index is 0.0333.